The van der Waals surface area contributed by atoms with E-state index in [2.05, 4.69) is 20.6 Å². The van der Waals surface area contributed by atoms with Gasteiger partial charge in [0.1, 0.15) is 0 Å². The lowest BCUT2D eigenvalue weighted by Gasteiger charge is -2.13. The number of sulfone groups is 1. The van der Waals surface area contributed by atoms with E-state index < -0.39 is 31.7 Å². The van der Waals surface area contributed by atoms with Gasteiger partial charge in [-0.3, -0.25) is 15.1 Å². The molecule has 1 fully saturated rings. The number of nitrogens with one attached hydrogen (secondary N) is 2. The van der Waals surface area contributed by atoms with Gasteiger partial charge >= 0.3 is 12.0 Å². The summed E-state index contributed by atoms with van der Waals surface area (Å²) in [5, 5.41) is 13.8. The molecule has 2 aromatic rings. The van der Waals surface area contributed by atoms with Crippen LogP contribution < -0.4 is 10.6 Å². The van der Waals surface area contributed by atoms with Crippen molar-refractivity contribution >= 4 is 49.8 Å². The highest BCUT2D eigenvalue weighted by molar-refractivity contribution is 7.93. The lowest BCUT2D eigenvalue weighted by atomic mass is 9.96. The number of hydrogen-bond acceptors (Lipinski definition) is 8. The number of carbonyl (C=O) groups excluding carboxylic acids is 2. The van der Waals surface area contributed by atoms with Crippen LogP contribution in [0, 0.1) is 5.92 Å². The summed E-state index contributed by atoms with van der Waals surface area (Å²) < 4.78 is 23.0. The van der Waals surface area contributed by atoms with Gasteiger partial charge in [0.25, 0.3) is 0 Å². The fraction of sp³-hybridized carbons (Fsp3) is 0.353. The predicted molar refractivity (Wildman–Crippen MR) is 105 cm³/mol. The summed E-state index contributed by atoms with van der Waals surface area (Å²) in [5.74, 6) is -1.71. The molecule has 154 valence electrons. The quantitative estimate of drug-likeness (QED) is 0.581. The second-order valence-electron chi connectivity index (χ2n) is 6.58. The first-order valence-corrected chi connectivity index (χ1v) is 11.4. The highest BCUT2D eigenvalue weighted by Crippen LogP contribution is 2.31. The molecule has 1 aliphatic carbocycles. The number of carboxylic acids is 1. The van der Waals surface area contributed by atoms with Crippen LogP contribution in [0.5, 0.6) is 0 Å². The maximum Gasteiger partial charge on any atom is 0.356 e. The molecule has 2 aromatic heterocycles. The Balaban J connectivity index is 1.79. The van der Waals surface area contributed by atoms with Crippen molar-refractivity contribution in [1.82, 2.24) is 9.97 Å². The van der Waals surface area contributed by atoms with Crippen LogP contribution in [-0.2, 0) is 9.84 Å². The third kappa shape index (κ3) is 4.77. The Morgan fingerprint density at radius 1 is 1.21 bits per heavy atom. The minimum atomic E-state index is -3.83. The van der Waals surface area contributed by atoms with E-state index in [1.165, 1.54) is 18.5 Å². The number of ketones is 1. The number of aromatic nitrogens is 2. The molecular weight excluding hydrogens is 420 g/mol. The first-order chi connectivity index (χ1) is 13.7. The normalized spacial score (nSPS) is 14.5. The van der Waals surface area contributed by atoms with Gasteiger partial charge < -0.3 is 10.4 Å². The molecule has 0 atom stereocenters. The Bertz CT molecular complexity index is 1070. The number of rotatable bonds is 6. The van der Waals surface area contributed by atoms with Crippen LogP contribution in [0.3, 0.4) is 0 Å². The average Bonchev–Trinajstić information content (AvgIpc) is 3.31. The van der Waals surface area contributed by atoms with Gasteiger partial charge in [0, 0.05) is 24.6 Å². The number of nitrogens with zero attached hydrogens (tertiary/aromatic N) is 2. The van der Waals surface area contributed by atoms with Crippen molar-refractivity contribution in [2.24, 2.45) is 5.92 Å². The Hall–Kier alpha value is -2.86. The summed E-state index contributed by atoms with van der Waals surface area (Å²) in [7, 11) is -3.83. The van der Waals surface area contributed by atoms with Gasteiger partial charge in [-0.1, -0.05) is 24.2 Å². The van der Waals surface area contributed by atoms with Crippen LogP contribution in [-0.4, -0.2) is 47.5 Å². The van der Waals surface area contributed by atoms with Gasteiger partial charge in [0.2, 0.25) is 0 Å². The number of Topliss-reactive ketones (excluding diaryl/α,β-unsaturated/α-hetero) is 1. The summed E-state index contributed by atoms with van der Waals surface area (Å²) in [6, 6.07) is 0.691. The van der Waals surface area contributed by atoms with Crippen molar-refractivity contribution in [3.63, 3.8) is 0 Å². The van der Waals surface area contributed by atoms with Gasteiger partial charge in [-0.15, -0.1) is 0 Å². The molecule has 29 heavy (non-hydrogen) atoms. The lowest BCUT2D eigenvalue weighted by Crippen LogP contribution is -2.22. The highest BCUT2D eigenvalue weighted by atomic mass is 32.2. The smallest absolute Gasteiger partial charge is 0.356 e. The zero-order valence-electron chi connectivity index (χ0n) is 15.3. The van der Waals surface area contributed by atoms with E-state index in [0.717, 1.165) is 31.9 Å². The largest absolute Gasteiger partial charge is 0.476 e. The number of carbonyl (C=O) groups is 3. The van der Waals surface area contributed by atoms with E-state index in [1.54, 1.807) is 0 Å². The van der Waals surface area contributed by atoms with E-state index in [0.29, 0.717) is 11.3 Å². The van der Waals surface area contributed by atoms with Gasteiger partial charge in [0.05, 0.1) is 11.3 Å². The monoisotopic (exact) mass is 438 g/mol. The first kappa shape index (κ1) is 20.9. The standard InChI is InChI=1S/C17H18N4O6S2/c1-29(26,27)15-12(14(23)24)20-17(28-15)21-16(25)19-11-6-7-18-8-10(11)13(22)9-4-2-3-5-9/h6-9H,2-5H2,1H3,(H,23,24)(H2,18,19,20,21,25). The SMILES string of the molecule is CS(=O)(=O)c1sc(NC(=O)Nc2ccncc2C(=O)C2CCCC2)nc1C(=O)O. The van der Waals surface area contributed by atoms with E-state index in [-0.39, 0.29) is 28.1 Å². The topological polar surface area (TPSA) is 155 Å². The Labute approximate surface area is 170 Å². The van der Waals surface area contributed by atoms with Crippen LogP contribution in [0.2, 0.25) is 0 Å². The molecule has 12 heteroatoms. The van der Waals surface area contributed by atoms with Gasteiger partial charge in [-0.2, -0.15) is 0 Å². The fourth-order valence-corrected chi connectivity index (χ4v) is 5.12. The molecule has 0 unspecified atom stereocenters. The van der Waals surface area contributed by atoms with Crippen LogP contribution in [0.1, 0.15) is 46.5 Å². The molecule has 3 rings (SSSR count). The minimum absolute atomic E-state index is 0.0901. The highest BCUT2D eigenvalue weighted by Gasteiger charge is 2.27. The Morgan fingerprint density at radius 3 is 2.48 bits per heavy atom. The Kier molecular flexibility index (Phi) is 5.94. The maximum atomic E-state index is 12.7. The zero-order valence-corrected chi connectivity index (χ0v) is 17.0. The van der Waals surface area contributed by atoms with E-state index in [4.69, 9.17) is 5.11 Å². The summed E-state index contributed by atoms with van der Waals surface area (Å²) in [6.45, 7) is 0. The van der Waals surface area contributed by atoms with Crippen molar-refractivity contribution in [2.75, 3.05) is 16.9 Å². The van der Waals surface area contributed by atoms with Gasteiger partial charge in [0.15, 0.2) is 30.7 Å². The average molecular weight is 438 g/mol. The number of carboxylic acid groups (broad SMARTS) is 1. The van der Waals surface area contributed by atoms with E-state index >= 15 is 0 Å². The van der Waals surface area contributed by atoms with Crippen molar-refractivity contribution in [1.29, 1.82) is 0 Å². The molecule has 1 saturated carbocycles. The summed E-state index contributed by atoms with van der Waals surface area (Å²) in [4.78, 5) is 43.9. The van der Waals surface area contributed by atoms with E-state index in [9.17, 15) is 22.8 Å². The van der Waals surface area contributed by atoms with Crippen LogP contribution >= 0.6 is 11.3 Å². The van der Waals surface area contributed by atoms with Gasteiger partial charge in [-0.25, -0.2) is 23.0 Å². The fourth-order valence-electron chi connectivity index (χ4n) is 3.10. The van der Waals surface area contributed by atoms with Crippen molar-refractivity contribution in [2.45, 2.75) is 29.9 Å². The third-order valence-corrected chi connectivity index (χ3v) is 7.21. The predicted octanol–water partition coefficient (Wildman–Crippen LogP) is 2.66. The summed E-state index contributed by atoms with van der Waals surface area (Å²) in [6.07, 6.45) is 7.24. The molecular formula is C17H18N4O6S2. The molecule has 0 bridgehead atoms. The van der Waals surface area contributed by atoms with Crippen LogP contribution in [0.4, 0.5) is 15.6 Å². The molecule has 2 heterocycles. The zero-order chi connectivity index (χ0) is 21.2. The molecule has 10 nitrogen and oxygen atoms in total. The van der Waals surface area contributed by atoms with Crippen molar-refractivity contribution < 1.29 is 27.9 Å². The van der Waals surface area contributed by atoms with Crippen LogP contribution in [0.15, 0.2) is 22.7 Å². The molecule has 1 aliphatic rings. The number of anilines is 2. The first-order valence-electron chi connectivity index (χ1n) is 8.67. The number of thiazole rings is 1. The molecule has 3 N–H and O–H groups in total. The van der Waals surface area contributed by atoms with Crippen molar-refractivity contribution in [3.8, 4) is 0 Å². The third-order valence-electron chi connectivity index (χ3n) is 4.42. The summed E-state index contributed by atoms with van der Waals surface area (Å²) in [5.41, 5.74) is -0.113. The van der Waals surface area contributed by atoms with E-state index in [1.807, 2.05) is 0 Å². The minimum Gasteiger partial charge on any atom is -0.476 e. The van der Waals surface area contributed by atoms with Gasteiger partial charge in [-0.05, 0) is 18.9 Å². The number of pyridine rings is 1. The second-order valence-corrected chi connectivity index (χ2v) is 9.79. The molecule has 0 aromatic carbocycles. The lowest BCUT2D eigenvalue weighted by molar-refractivity contribution is 0.0687. The maximum absolute atomic E-state index is 12.7. The molecule has 0 spiro atoms. The van der Waals surface area contributed by atoms with Crippen LogP contribution in [0.25, 0.3) is 0 Å². The molecule has 2 amide bonds. The number of amides is 2. The molecule has 0 saturated heterocycles. The number of aromatic carboxylic acids is 1. The molecule has 0 aliphatic heterocycles. The summed E-state index contributed by atoms with van der Waals surface area (Å²) >= 11 is 0.533. The number of urea groups is 1. The number of hydrogen-bond donors (Lipinski definition) is 3. The van der Waals surface area contributed by atoms with Crippen molar-refractivity contribution in [3.05, 3.63) is 29.7 Å². The second kappa shape index (κ2) is 8.25. The Morgan fingerprint density at radius 2 is 1.90 bits per heavy atom. The molecule has 0 radical (unpaired) electrons.